The first-order valence-corrected chi connectivity index (χ1v) is 10.3. The van der Waals surface area contributed by atoms with Gasteiger partial charge in [-0.25, -0.2) is 4.99 Å². The van der Waals surface area contributed by atoms with Crippen molar-refractivity contribution >= 4 is 46.2 Å². The van der Waals surface area contributed by atoms with Gasteiger partial charge in [0.1, 0.15) is 17.5 Å². The third kappa shape index (κ3) is 4.57. The summed E-state index contributed by atoms with van der Waals surface area (Å²) in [6.45, 7) is 0. The molecule has 0 bridgehead atoms. The molecule has 0 saturated carbocycles. The van der Waals surface area contributed by atoms with Gasteiger partial charge in [0.25, 0.3) is 5.91 Å². The minimum absolute atomic E-state index is 0.0171. The molecule has 8 heteroatoms. The lowest BCUT2D eigenvalue weighted by Crippen LogP contribution is -2.31. The molecule has 0 radical (unpaired) electrons. The molecule has 2 aromatic carbocycles. The molecule has 152 valence electrons. The van der Waals surface area contributed by atoms with Crippen molar-refractivity contribution < 1.29 is 14.0 Å². The van der Waals surface area contributed by atoms with Crippen molar-refractivity contribution in [1.29, 1.82) is 5.26 Å². The van der Waals surface area contributed by atoms with Gasteiger partial charge in [-0.15, -0.1) is 0 Å². The van der Waals surface area contributed by atoms with Crippen LogP contribution in [0.5, 0.6) is 0 Å². The minimum Gasteiger partial charge on any atom is -0.465 e. The number of hydrogen-bond donors (Lipinski definition) is 1. The molecule has 2 amide bonds. The van der Waals surface area contributed by atoms with Gasteiger partial charge in [-0.1, -0.05) is 42.1 Å². The number of nitrogens with zero attached hydrogens (tertiary/aromatic N) is 3. The molecule has 0 spiro atoms. The highest BCUT2D eigenvalue weighted by Gasteiger charge is 2.32. The fourth-order valence-electron chi connectivity index (χ4n) is 2.91. The summed E-state index contributed by atoms with van der Waals surface area (Å²) < 4.78 is 5.29. The number of carbonyl (C=O) groups excluding carboxylic acids is 2. The van der Waals surface area contributed by atoms with E-state index in [1.54, 1.807) is 54.6 Å². The van der Waals surface area contributed by atoms with E-state index in [1.807, 2.05) is 24.3 Å². The summed E-state index contributed by atoms with van der Waals surface area (Å²) in [7, 11) is 0. The number of benzene rings is 2. The lowest BCUT2D eigenvalue weighted by Gasteiger charge is -2.17. The predicted molar refractivity (Wildman–Crippen MR) is 120 cm³/mol. The minimum atomic E-state index is -0.306. The maximum atomic E-state index is 13.0. The van der Waals surface area contributed by atoms with E-state index in [4.69, 9.17) is 4.42 Å². The van der Waals surface area contributed by atoms with Crippen molar-refractivity contribution in [2.24, 2.45) is 4.99 Å². The van der Waals surface area contributed by atoms with Crippen LogP contribution in [0.4, 0.5) is 11.4 Å². The normalized spacial score (nSPS) is 14.4. The molecule has 1 aliphatic heterocycles. The van der Waals surface area contributed by atoms with E-state index in [1.165, 1.54) is 11.2 Å². The van der Waals surface area contributed by atoms with Gasteiger partial charge >= 0.3 is 0 Å². The second kappa shape index (κ2) is 9.15. The Morgan fingerprint density at radius 3 is 2.65 bits per heavy atom. The first kappa shape index (κ1) is 20.2. The van der Waals surface area contributed by atoms with Crippen molar-refractivity contribution in [2.45, 2.75) is 0 Å². The van der Waals surface area contributed by atoms with Gasteiger partial charge in [0.05, 0.1) is 29.0 Å². The number of nitrogens with one attached hydrogen (secondary N) is 1. The SMILES string of the molecule is N#Cc1ccccc1NC(=O)CSC1=N/C(=C/c2ccco2)C(=O)N1c1ccccc1. The van der Waals surface area contributed by atoms with Gasteiger partial charge in [-0.05, 0) is 36.4 Å². The second-order valence-corrected chi connectivity index (χ2v) is 7.35. The van der Waals surface area contributed by atoms with Crippen LogP contribution in [0.3, 0.4) is 0 Å². The average Bonchev–Trinajstić information content (AvgIpc) is 3.41. The number of hydrogen-bond acceptors (Lipinski definition) is 6. The summed E-state index contributed by atoms with van der Waals surface area (Å²) in [6, 6.07) is 21.4. The lowest BCUT2D eigenvalue weighted by atomic mass is 10.2. The molecule has 3 aromatic rings. The van der Waals surface area contributed by atoms with Gasteiger partial charge in [0.2, 0.25) is 5.91 Å². The smallest absolute Gasteiger partial charge is 0.283 e. The van der Waals surface area contributed by atoms with Crippen LogP contribution in [0.25, 0.3) is 6.08 Å². The number of nitriles is 1. The number of rotatable bonds is 5. The van der Waals surface area contributed by atoms with Crippen molar-refractivity contribution in [2.75, 3.05) is 16.0 Å². The highest BCUT2D eigenvalue weighted by molar-refractivity contribution is 8.14. The molecule has 7 nitrogen and oxygen atoms in total. The molecule has 0 saturated heterocycles. The van der Waals surface area contributed by atoms with Crippen LogP contribution in [0.2, 0.25) is 0 Å². The first-order chi connectivity index (χ1) is 15.2. The largest absolute Gasteiger partial charge is 0.465 e. The number of aliphatic imine (C=N–C) groups is 1. The molecule has 4 rings (SSSR count). The Hall–Kier alpha value is -4.09. The lowest BCUT2D eigenvalue weighted by molar-refractivity contribution is -0.114. The zero-order valence-corrected chi connectivity index (χ0v) is 17.0. The molecule has 0 fully saturated rings. The Labute approximate surface area is 182 Å². The molecule has 0 aliphatic carbocycles. The summed E-state index contributed by atoms with van der Waals surface area (Å²) in [5, 5.41) is 12.3. The van der Waals surface area contributed by atoms with Crippen molar-refractivity contribution in [3.05, 3.63) is 90.0 Å². The monoisotopic (exact) mass is 428 g/mol. The molecular formula is C23H16N4O3S. The van der Waals surface area contributed by atoms with Gasteiger partial charge in [0, 0.05) is 6.08 Å². The summed E-state index contributed by atoms with van der Waals surface area (Å²) in [6.07, 6.45) is 3.08. The molecule has 0 unspecified atom stereocenters. The second-order valence-electron chi connectivity index (χ2n) is 6.41. The molecule has 1 aliphatic rings. The number of amides is 2. The highest BCUT2D eigenvalue weighted by Crippen LogP contribution is 2.29. The number of thioether (sulfide) groups is 1. The van der Waals surface area contributed by atoms with E-state index in [-0.39, 0.29) is 23.3 Å². The molecule has 31 heavy (non-hydrogen) atoms. The van der Waals surface area contributed by atoms with Crippen LogP contribution in [0, 0.1) is 11.3 Å². The third-order valence-electron chi connectivity index (χ3n) is 4.32. The van der Waals surface area contributed by atoms with Crippen LogP contribution in [-0.4, -0.2) is 22.7 Å². The third-order valence-corrected chi connectivity index (χ3v) is 5.26. The molecule has 0 atom stereocenters. The summed E-state index contributed by atoms with van der Waals surface area (Å²) in [5.41, 5.74) is 1.69. The predicted octanol–water partition coefficient (Wildman–Crippen LogP) is 4.27. The molecule has 2 heterocycles. The fraction of sp³-hybridized carbons (Fsp3) is 0.0435. The van der Waals surface area contributed by atoms with E-state index in [2.05, 4.69) is 10.3 Å². The average molecular weight is 428 g/mol. The van der Waals surface area contributed by atoms with E-state index in [0.29, 0.717) is 27.9 Å². The van der Waals surface area contributed by atoms with E-state index in [9.17, 15) is 14.9 Å². The van der Waals surface area contributed by atoms with Gasteiger partial charge < -0.3 is 9.73 Å². The van der Waals surface area contributed by atoms with Crippen LogP contribution >= 0.6 is 11.8 Å². The number of amidine groups is 1. The summed E-state index contributed by atoms with van der Waals surface area (Å²) in [5.74, 6) is -0.0830. The molecule has 1 aromatic heterocycles. The van der Waals surface area contributed by atoms with Gasteiger partial charge in [-0.3, -0.25) is 14.5 Å². The van der Waals surface area contributed by atoms with Crippen molar-refractivity contribution in [3.63, 3.8) is 0 Å². The quantitative estimate of drug-likeness (QED) is 0.612. The van der Waals surface area contributed by atoms with Crippen molar-refractivity contribution in [3.8, 4) is 6.07 Å². The Balaban J connectivity index is 1.54. The zero-order valence-electron chi connectivity index (χ0n) is 16.2. The van der Waals surface area contributed by atoms with E-state index >= 15 is 0 Å². The van der Waals surface area contributed by atoms with Gasteiger partial charge in [-0.2, -0.15) is 5.26 Å². The Morgan fingerprint density at radius 1 is 1.13 bits per heavy atom. The first-order valence-electron chi connectivity index (χ1n) is 9.31. The number of furan rings is 1. The zero-order chi connectivity index (χ0) is 21.6. The van der Waals surface area contributed by atoms with Crippen LogP contribution < -0.4 is 10.2 Å². The summed E-state index contributed by atoms with van der Waals surface area (Å²) >= 11 is 1.14. The molecule has 1 N–H and O–H groups in total. The van der Waals surface area contributed by atoms with Gasteiger partial charge in [0.15, 0.2) is 5.17 Å². The topological polar surface area (TPSA) is 98.7 Å². The van der Waals surface area contributed by atoms with Crippen LogP contribution in [0.15, 0.2) is 88.1 Å². The number of para-hydroxylation sites is 2. The molecular weight excluding hydrogens is 412 g/mol. The maximum Gasteiger partial charge on any atom is 0.283 e. The van der Waals surface area contributed by atoms with Crippen LogP contribution in [0.1, 0.15) is 11.3 Å². The fourth-order valence-corrected chi connectivity index (χ4v) is 3.72. The number of anilines is 2. The van der Waals surface area contributed by atoms with Crippen molar-refractivity contribution in [1.82, 2.24) is 0 Å². The standard InChI is InChI=1S/C23H16N4O3S/c24-14-16-7-4-5-11-19(16)25-21(28)15-31-23-26-20(13-18-10-6-12-30-18)22(29)27(23)17-8-2-1-3-9-17/h1-13H,15H2,(H,25,28)/b20-13+. The number of carbonyl (C=O) groups is 2. The Kier molecular flexibility index (Phi) is 5.96. The Morgan fingerprint density at radius 2 is 1.90 bits per heavy atom. The Bertz CT molecular complexity index is 1210. The maximum absolute atomic E-state index is 13.0. The van der Waals surface area contributed by atoms with E-state index < -0.39 is 0 Å². The highest BCUT2D eigenvalue weighted by atomic mass is 32.2. The van der Waals surface area contributed by atoms with E-state index in [0.717, 1.165) is 11.8 Å². The van der Waals surface area contributed by atoms with Crippen LogP contribution in [-0.2, 0) is 9.59 Å². The summed E-state index contributed by atoms with van der Waals surface area (Å²) in [4.78, 5) is 31.4.